The van der Waals surface area contributed by atoms with Crippen LogP contribution in [0.1, 0.15) is 34.0 Å². The molecule has 5 rings (SSSR count). The fourth-order valence-corrected chi connectivity index (χ4v) is 6.41. The molecule has 0 radical (unpaired) electrons. The summed E-state index contributed by atoms with van der Waals surface area (Å²) in [7, 11) is -4.28. The van der Waals surface area contributed by atoms with Crippen LogP contribution in [0.3, 0.4) is 0 Å². The molecule has 0 aliphatic rings. The molecule has 1 amide bonds. The number of para-hydroxylation sites is 1. The molecule has 0 aliphatic carbocycles. The molecule has 9 nitrogen and oxygen atoms in total. The van der Waals surface area contributed by atoms with Gasteiger partial charge in [-0.1, -0.05) is 42.5 Å². The Hall–Kier alpha value is -4.98. The zero-order chi connectivity index (χ0) is 30.6. The first-order chi connectivity index (χ1) is 20.7. The minimum absolute atomic E-state index is 0. The fraction of sp³-hybridized carbons (Fsp3) is 0.152. The molecule has 224 valence electrons. The van der Waals surface area contributed by atoms with E-state index < -0.39 is 22.5 Å². The van der Waals surface area contributed by atoms with E-state index in [4.69, 9.17) is 10.00 Å². The number of nitrogens with zero attached hydrogens (tertiary/aromatic N) is 3. The van der Waals surface area contributed by atoms with Gasteiger partial charge in [-0.2, -0.15) is 5.26 Å². The molecule has 5 aromatic rings. The summed E-state index contributed by atoms with van der Waals surface area (Å²) < 4.78 is 34.5. The highest BCUT2D eigenvalue weighted by Gasteiger charge is 2.30. The van der Waals surface area contributed by atoms with Crippen molar-refractivity contribution in [1.29, 1.82) is 5.26 Å². The van der Waals surface area contributed by atoms with Gasteiger partial charge < -0.3 is 10.1 Å². The topological polar surface area (TPSA) is 129 Å². The van der Waals surface area contributed by atoms with E-state index in [2.05, 4.69) is 16.4 Å². The van der Waals surface area contributed by atoms with Crippen LogP contribution in [0.4, 0.5) is 5.69 Å². The van der Waals surface area contributed by atoms with Crippen LogP contribution in [0, 0.1) is 18.3 Å². The van der Waals surface area contributed by atoms with Gasteiger partial charge in [0.05, 0.1) is 29.4 Å². The highest BCUT2D eigenvalue weighted by molar-refractivity contribution is 7.93. The lowest BCUT2D eigenvalue weighted by atomic mass is 10.0. The third-order valence-electron chi connectivity index (χ3n) is 7.03. The average molecular weight is 629 g/mol. The zero-order valence-electron chi connectivity index (χ0n) is 24.0. The van der Waals surface area contributed by atoms with Crippen molar-refractivity contribution in [1.82, 2.24) is 10.3 Å². The molecule has 4 aromatic carbocycles. The van der Waals surface area contributed by atoms with Gasteiger partial charge in [-0.3, -0.25) is 18.9 Å². The smallest absolute Gasteiger partial charge is 0.326 e. The van der Waals surface area contributed by atoms with Crippen molar-refractivity contribution < 1.29 is 22.7 Å². The van der Waals surface area contributed by atoms with Crippen molar-refractivity contribution in [3.63, 3.8) is 0 Å². The van der Waals surface area contributed by atoms with Gasteiger partial charge in [0.25, 0.3) is 15.9 Å². The molecule has 0 bridgehead atoms. The summed E-state index contributed by atoms with van der Waals surface area (Å²) in [5, 5.41) is 13.8. The number of rotatable bonds is 9. The van der Waals surface area contributed by atoms with Gasteiger partial charge in [0.1, 0.15) is 11.4 Å². The predicted octanol–water partition coefficient (Wildman–Crippen LogP) is 5.68. The summed E-state index contributed by atoms with van der Waals surface area (Å²) in [4.78, 5) is 30.1. The van der Waals surface area contributed by atoms with Crippen LogP contribution < -0.4 is 9.62 Å². The summed E-state index contributed by atoms with van der Waals surface area (Å²) in [6.07, 6.45) is 1.55. The molecule has 0 saturated carbocycles. The standard InChI is InChI=1S/C33H28N4O5S.ClH/c1-3-42-31(38)21-37(43(40,41)30-9-5-7-27-22(2)16-17-35-32(27)30)26-14-15-28-25(18-26)6-4-8-29(28)33(39)36-20-24-12-10-23(19-34)11-13-24;/h4-18H,3,20-21H2,1-2H3,(H,36,39);1H. The van der Waals surface area contributed by atoms with Crippen molar-refractivity contribution in [3.05, 3.63) is 113 Å². The van der Waals surface area contributed by atoms with Gasteiger partial charge in [0.15, 0.2) is 0 Å². The monoisotopic (exact) mass is 628 g/mol. The van der Waals surface area contributed by atoms with E-state index in [0.717, 1.165) is 15.4 Å². The van der Waals surface area contributed by atoms with Gasteiger partial charge in [0.2, 0.25) is 0 Å². The molecular weight excluding hydrogens is 600 g/mol. The van der Waals surface area contributed by atoms with Gasteiger partial charge in [-0.25, -0.2) is 8.42 Å². The largest absolute Gasteiger partial charge is 0.465 e. The molecule has 1 heterocycles. The third-order valence-corrected chi connectivity index (χ3v) is 8.84. The van der Waals surface area contributed by atoms with E-state index in [1.165, 1.54) is 6.07 Å². The van der Waals surface area contributed by atoms with Crippen LogP contribution in [0.15, 0.2) is 96.0 Å². The molecule has 0 unspecified atom stereocenters. The van der Waals surface area contributed by atoms with Gasteiger partial charge in [-0.15, -0.1) is 12.4 Å². The molecule has 0 fully saturated rings. The lowest BCUT2D eigenvalue weighted by molar-refractivity contribution is -0.141. The number of halogens is 1. The molecule has 44 heavy (non-hydrogen) atoms. The number of ether oxygens (including phenoxy) is 1. The number of carbonyl (C=O) groups is 2. The zero-order valence-corrected chi connectivity index (χ0v) is 25.6. The second kappa shape index (κ2) is 13.5. The van der Waals surface area contributed by atoms with E-state index >= 15 is 0 Å². The number of sulfonamides is 1. The van der Waals surface area contributed by atoms with Gasteiger partial charge >= 0.3 is 5.97 Å². The number of amides is 1. The average Bonchev–Trinajstić information content (AvgIpc) is 3.02. The van der Waals surface area contributed by atoms with Crippen LogP contribution >= 0.6 is 12.4 Å². The first-order valence-electron chi connectivity index (χ1n) is 13.6. The first-order valence-corrected chi connectivity index (χ1v) is 15.0. The fourth-order valence-electron chi connectivity index (χ4n) is 4.85. The molecule has 0 atom stereocenters. The van der Waals surface area contributed by atoms with Crippen molar-refractivity contribution >= 4 is 61.7 Å². The maximum absolute atomic E-state index is 14.2. The van der Waals surface area contributed by atoms with Crippen molar-refractivity contribution in [2.24, 2.45) is 0 Å². The second-order valence-corrected chi connectivity index (χ2v) is 11.6. The Balaban J connectivity index is 0.00000442. The molecule has 1 aromatic heterocycles. The Morgan fingerprint density at radius 3 is 2.45 bits per heavy atom. The van der Waals surface area contributed by atoms with E-state index in [1.807, 2.05) is 6.92 Å². The SMILES string of the molecule is CCOC(=O)CN(c1ccc2c(C(=O)NCc3ccc(C#N)cc3)cccc2c1)S(=O)(=O)c1cccc2c(C)ccnc12.Cl. The number of pyridine rings is 1. The van der Waals surface area contributed by atoms with Crippen LogP contribution in [-0.4, -0.2) is 38.4 Å². The Kier molecular flexibility index (Phi) is 9.83. The molecule has 0 aliphatic heterocycles. The number of nitriles is 1. The number of aromatic nitrogens is 1. The third kappa shape index (κ3) is 6.49. The van der Waals surface area contributed by atoms with E-state index in [1.54, 1.807) is 92.0 Å². The van der Waals surface area contributed by atoms with Gasteiger partial charge in [-0.05, 0) is 78.2 Å². The highest BCUT2D eigenvalue weighted by Crippen LogP contribution is 2.32. The maximum Gasteiger partial charge on any atom is 0.326 e. The minimum atomic E-state index is -4.28. The minimum Gasteiger partial charge on any atom is -0.465 e. The summed E-state index contributed by atoms with van der Waals surface area (Å²) in [5.74, 6) is -1.01. The number of nitrogens with one attached hydrogen (secondary N) is 1. The van der Waals surface area contributed by atoms with Crippen molar-refractivity contribution in [2.45, 2.75) is 25.3 Å². The number of carbonyl (C=O) groups excluding carboxylic acids is 2. The number of fused-ring (bicyclic) bond motifs is 2. The molecule has 11 heteroatoms. The summed E-state index contributed by atoms with van der Waals surface area (Å²) in [6, 6.07) is 25.8. The van der Waals surface area contributed by atoms with Gasteiger partial charge in [0, 0.05) is 23.7 Å². The van der Waals surface area contributed by atoms with E-state index in [0.29, 0.717) is 32.8 Å². The Morgan fingerprint density at radius 2 is 1.73 bits per heavy atom. The van der Waals surface area contributed by atoms with E-state index in [9.17, 15) is 18.0 Å². The van der Waals surface area contributed by atoms with Crippen LogP contribution in [0.5, 0.6) is 0 Å². The quantitative estimate of drug-likeness (QED) is 0.208. The van der Waals surface area contributed by atoms with Crippen molar-refractivity contribution in [2.75, 3.05) is 17.5 Å². The molecule has 0 saturated heterocycles. The normalized spacial score (nSPS) is 10.9. The summed E-state index contributed by atoms with van der Waals surface area (Å²) in [6.45, 7) is 3.34. The number of anilines is 1. The summed E-state index contributed by atoms with van der Waals surface area (Å²) in [5.41, 5.74) is 3.19. The van der Waals surface area contributed by atoms with E-state index in [-0.39, 0.29) is 42.0 Å². The number of esters is 1. The highest BCUT2D eigenvalue weighted by atomic mass is 35.5. The first kappa shape index (κ1) is 31.9. The number of benzene rings is 4. The Labute approximate surface area is 261 Å². The number of aryl methyl sites for hydroxylation is 1. The van der Waals surface area contributed by atoms with Crippen molar-refractivity contribution in [3.8, 4) is 6.07 Å². The molecule has 1 N–H and O–H groups in total. The van der Waals surface area contributed by atoms with Crippen LogP contribution in [-0.2, 0) is 26.1 Å². The van der Waals surface area contributed by atoms with Crippen LogP contribution in [0.2, 0.25) is 0 Å². The Morgan fingerprint density at radius 1 is 0.977 bits per heavy atom. The number of hydrogen-bond donors (Lipinski definition) is 1. The lowest BCUT2D eigenvalue weighted by Gasteiger charge is -2.24. The Bertz CT molecular complexity index is 2010. The molecular formula is C33H29ClN4O5S. The summed E-state index contributed by atoms with van der Waals surface area (Å²) >= 11 is 0. The van der Waals surface area contributed by atoms with Crippen LogP contribution in [0.25, 0.3) is 21.7 Å². The molecule has 0 spiro atoms. The maximum atomic E-state index is 14.2. The second-order valence-electron chi connectivity index (χ2n) is 9.80. The number of hydrogen-bond acceptors (Lipinski definition) is 7. The predicted molar refractivity (Wildman–Crippen MR) is 171 cm³/mol. The lowest BCUT2D eigenvalue weighted by Crippen LogP contribution is -2.36.